The van der Waals surface area contributed by atoms with E-state index in [1.54, 1.807) is 0 Å². The number of aliphatic hydroxyl groups is 1. The summed E-state index contributed by atoms with van der Waals surface area (Å²) in [6, 6.07) is 0. The Kier molecular flexibility index (Phi) is 23.9. The minimum Gasteiger partial charge on any atom is -0.396 e. The predicted octanol–water partition coefficient (Wildman–Crippen LogP) is 8.52. The van der Waals surface area contributed by atoms with Crippen molar-refractivity contribution in [3.8, 4) is 0 Å². The fraction of sp³-hybridized carbons (Fsp3) is 0.840. The van der Waals surface area contributed by atoms with Crippen LogP contribution < -0.4 is 0 Å². The molecule has 0 radical (unpaired) electrons. The van der Waals surface area contributed by atoms with Crippen molar-refractivity contribution in [3.05, 3.63) is 24.3 Å². The molecule has 0 amide bonds. The van der Waals surface area contributed by atoms with Gasteiger partial charge in [-0.2, -0.15) is 0 Å². The molecule has 0 aromatic rings. The lowest BCUT2D eigenvalue weighted by Gasteiger charge is -2.03. The van der Waals surface area contributed by atoms with Gasteiger partial charge in [0.15, 0.2) is 0 Å². The van der Waals surface area contributed by atoms with Gasteiger partial charge in [-0.25, -0.2) is 0 Å². The summed E-state index contributed by atoms with van der Waals surface area (Å²) in [6.45, 7) is 2.59. The largest absolute Gasteiger partial charge is 0.396 e. The zero-order chi connectivity index (χ0) is 19.0. The van der Waals surface area contributed by atoms with E-state index >= 15 is 0 Å². The Balaban J connectivity index is 3.07. The molecule has 0 unspecified atom stereocenters. The molecule has 0 bridgehead atoms. The Bertz CT molecular complexity index is 293. The molecule has 0 saturated heterocycles. The molecule has 26 heavy (non-hydrogen) atoms. The maximum atomic E-state index is 8.68. The molecule has 154 valence electrons. The monoisotopic (exact) mass is 364 g/mol. The summed E-state index contributed by atoms with van der Waals surface area (Å²) in [6.07, 6.45) is 34.7. The van der Waals surface area contributed by atoms with Crippen LogP contribution in [-0.2, 0) is 0 Å². The number of hydrogen-bond donors (Lipinski definition) is 1. The van der Waals surface area contributed by atoms with E-state index in [1.807, 2.05) is 0 Å². The van der Waals surface area contributed by atoms with Gasteiger partial charge in [0.1, 0.15) is 0 Å². The first-order chi connectivity index (χ1) is 12.9. The maximum Gasteiger partial charge on any atom is 0.0433 e. The van der Waals surface area contributed by atoms with Gasteiger partial charge in [-0.1, -0.05) is 128 Å². The van der Waals surface area contributed by atoms with E-state index in [0.717, 1.165) is 12.8 Å². The van der Waals surface area contributed by atoms with Crippen LogP contribution in [0.4, 0.5) is 0 Å². The van der Waals surface area contributed by atoms with Crippen LogP contribution >= 0.6 is 0 Å². The van der Waals surface area contributed by atoms with Crippen molar-refractivity contribution in [3.63, 3.8) is 0 Å². The quantitative estimate of drug-likeness (QED) is 0.160. The summed E-state index contributed by atoms with van der Waals surface area (Å²) < 4.78 is 0. The summed E-state index contributed by atoms with van der Waals surface area (Å²) in [4.78, 5) is 0. The zero-order valence-corrected chi connectivity index (χ0v) is 17.9. The van der Waals surface area contributed by atoms with Crippen molar-refractivity contribution >= 4 is 0 Å². The smallest absolute Gasteiger partial charge is 0.0433 e. The highest BCUT2D eigenvalue weighted by Gasteiger charge is 1.94. The zero-order valence-electron chi connectivity index (χ0n) is 17.9. The van der Waals surface area contributed by atoms with Crippen LogP contribution in [-0.4, -0.2) is 11.7 Å². The van der Waals surface area contributed by atoms with Gasteiger partial charge in [0, 0.05) is 6.61 Å². The minimum atomic E-state index is 0.299. The molecule has 0 rings (SSSR count). The van der Waals surface area contributed by atoms with Crippen LogP contribution in [0.25, 0.3) is 0 Å². The summed E-state index contributed by atoms with van der Waals surface area (Å²) in [7, 11) is 0. The molecule has 0 heterocycles. The molecule has 0 aliphatic carbocycles. The van der Waals surface area contributed by atoms with Gasteiger partial charge >= 0.3 is 0 Å². The first-order valence-corrected chi connectivity index (χ1v) is 11.8. The SMILES string of the molecule is CCCCCCCCCCCCCCCCCCC=CC=CCCCO. The van der Waals surface area contributed by atoms with Crippen LogP contribution in [0.15, 0.2) is 24.3 Å². The first-order valence-electron chi connectivity index (χ1n) is 11.8. The van der Waals surface area contributed by atoms with E-state index in [1.165, 1.54) is 109 Å². The predicted molar refractivity (Wildman–Crippen MR) is 119 cm³/mol. The molecular formula is C25H48O. The maximum absolute atomic E-state index is 8.68. The van der Waals surface area contributed by atoms with Crippen LogP contribution in [0.5, 0.6) is 0 Å². The molecule has 0 aromatic heterocycles. The fourth-order valence-electron chi connectivity index (χ4n) is 3.37. The van der Waals surface area contributed by atoms with Gasteiger partial charge in [0.05, 0.1) is 0 Å². The van der Waals surface area contributed by atoms with Crippen molar-refractivity contribution in [2.24, 2.45) is 0 Å². The summed E-state index contributed by atoms with van der Waals surface area (Å²) >= 11 is 0. The summed E-state index contributed by atoms with van der Waals surface area (Å²) in [5.41, 5.74) is 0. The summed E-state index contributed by atoms with van der Waals surface area (Å²) in [5.74, 6) is 0. The Morgan fingerprint density at radius 3 is 1.19 bits per heavy atom. The Labute approximate surface area is 165 Å². The van der Waals surface area contributed by atoms with Gasteiger partial charge < -0.3 is 5.11 Å². The fourth-order valence-corrected chi connectivity index (χ4v) is 3.37. The molecule has 0 aliphatic heterocycles. The van der Waals surface area contributed by atoms with Crippen LogP contribution in [0.3, 0.4) is 0 Å². The van der Waals surface area contributed by atoms with Gasteiger partial charge in [-0.3, -0.25) is 0 Å². The number of rotatable bonds is 21. The number of unbranched alkanes of at least 4 members (excludes halogenated alkanes) is 17. The third-order valence-electron chi connectivity index (χ3n) is 5.14. The van der Waals surface area contributed by atoms with Crippen molar-refractivity contribution in [1.29, 1.82) is 0 Å². The summed E-state index contributed by atoms with van der Waals surface area (Å²) in [5, 5.41) is 8.68. The van der Waals surface area contributed by atoms with Crippen LogP contribution in [0.2, 0.25) is 0 Å². The van der Waals surface area contributed by atoms with Crippen LogP contribution in [0.1, 0.15) is 129 Å². The van der Waals surface area contributed by atoms with E-state index < -0.39 is 0 Å². The molecular weight excluding hydrogens is 316 g/mol. The highest BCUT2D eigenvalue weighted by atomic mass is 16.2. The average molecular weight is 365 g/mol. The van der Waals surface area contributed by atoms with E-state index in [2.05, 4.69) is 31.2 Å². The lowest BCUT2D eigenvalue weighted by Crippen LogP contribution is -1.83. The molecule has 1 N–H and O–H groups in total. The van der Waals surface area contributed by atoms with E-state index in [4.69, 9.17) is 5.11 Å². The average Bonchev–Trinajstić information content (AvgIpc) is 2.66. The topological polar surface area (TPSA) is 20.2 Å². The number of hydrogen-bond acceptors (Lipinski definition) is 1. The Morgan fingerprint density at radius 2 is 0.808 bits per heavy atom. The van der Waals surface area contributed by atoms with Crippen molar-refractivity contribution in [2.75, 3.05) is 6.61 Å². The number of allylic oxidation sites excluding steroid dienone is 4. The lowest BCUT2D eigenvalue weighted by atomic mass is 10.0. The second-order valence-electron chi connectivity index (χ2n) is 7.81. The molecule has 0 saturated carbocycles. The normalized spacial score (nSPS) is 11.9. The van der Waals surface area contributed by atoms with Gasteiger partial charge in [-0.05, 0) is 25.7 Å². The lowest BCUT2D eigenvalue weighted by molar-refractivity contribution is 0.289. The third kappa shape index (κ3) is 23.4. The second-order valence-corrected chi connectivity index (χ2v) is 7.81. The molecule has 1 nitrogen and oxygen atoms in total. The molecule has 0 fully saturated rings. The van der Waals surface area contributed by atoms with E-state index in [9.17, 15) is 0 Å². The van der Waals surface area contributed by atoms with Crippen molar-refractivity contribution in [2.45, 2.75) is 129 Å². The Hall–Kier alpha value is -0.560. The van der Waals surface area contributed by atoms with Crippen LogP contribution in [0, 0.1) is 0 Å². The van der Waals surface area contributed by atoms with Crippen molar-refractivity contribution < 1.29 is 5.11 Å². The first kappa shape index (κ1) is 25.4. The van der Waals surface area contributed by atoms with Gasteiger partial charge in [0.25, 0.3) is 0 Å². The van der Waals surface area contributed by atoms with Gasteiger partial charge in [0.2, 0.25) is 0 Å². The van der Waals surface area contributed by atoms with Crippen molar-refractivity contribution in [1.82, 2.24) is 0 Å². The minimum absolute atomic E-state index is 0.299. The highest BCUT2D eigenvalue weighted by Crippen LogP contribution is 2.14. The third-order valence-corrected chi connectivity index (χ3v) is 5.14. The number of aliphatic hydroxyl groups excluding tert-OH is 1. The highest BCUT2D eigenvalue weighted by molar-refractivity contribution is 5.02. The molecule has 0 aromatic carbocycles. The Morgan fingerprint density at radius 1 is 0.462 bits per heavy atom. The molecule has 0 atom stereocenters. The standard InChI is InChI=1S/C25H48O/c1-2-3-4-5-6-7-8-9-10-11-12-13-14-15-16-17-18-19-20-21-22-23-24-25-26/h19-22,26H,2-18,23-25H2,1H3. The molecule has 0 aliphatic rings. The van der Waals surface area contributed by atoms with E-state index in [0.29, 0.717) is 6.61 Å². The molecule has 0 spiro atoms. The van der Waals surface area contributed by atoms with E-state index in [-0.39, 0.29) is 0 Å². The van der Waals surface area contributed by atoms with Gasteiger partial charge in [-0.15, -0.1) is 0 Å². The molecule has 1 heteroatoms. The second kappa shape index (κ2) is 24.4.